The average Bonchev–Trinajstić information content (AvgIpc) is 2.15. The molecule has 0 aromatic carbocycles. The minimum absolute atomic E-state index is 0. The third-order valence-electron chi connectivity index (χ3n) is 1.35. The molecule has 1 radical (unpaired) electrons. The number of rotatable bonds is 2. The van der Waals surface area contributed by atoms with Crippen LogP contribution in [0.4, 0.5) is 0 Å². The van der Waals surface area contributed by atoms with Gasteiger partial charge in [-0.15, -0.1) is 12.2 Å². The van der Waals surface area contributed by atoms with Crippen LogP contribution >= 0.6 is 0 Å². The van der Waals surface area contributed by atoms with Crippen LogP contribution in [-0.4, -0.2) is 0 Å². The second-order valence-electron chi connectivity index (χ2n) is 2.78. The van der Waals surface area contributed by atoms with Gasteiger partial charge in [0.05, 0.1) is 0 Å². The Labute approximate surface area is 87.7 Å². The smallest absolute Gasteiger partial charge is 1.00 e. The molecule has 0 aromatic heterocycles. The summed E-state index contributed by atoms with van der Waals surface area (Å²) in [4.78, 5) is 0. The van der Waals surface area contributed by atoms with Gasteiger partial charge in [-0.1, -0.05) is 19.8 Å². The van der Waals surface area contributed by atoms with Gasteiger partial charge in [0.1, 0.15) is 0 Å². The number of hydrogen-bond acceptors (Lipinski definition) is 0. The second kappa shape index (κ2) is 9.02. The maximum absolute atomic E-state index is 2.31. The topological polar surface area (TPSA) is 0 Å². The van der Waals surface area contributed by atoms with Crippen molar-refractivity contribution in [3.8, 4) is 0 Å². The van der Waals surface area contributed by atoms with E-state index >= 15 is 0 Å². The summed E-state index contributed by atoms with van der Waals surface area (Å²) in [7, 11) is 0. The van der Waals surface area contributed by atoms with Crippen LogP contribution in [0.2, 0.25) is 0 Å². The van der Waals surface area contributed by atoms with Crippen LogP contribution in [0, 0.1) is 12.3 Å². The molecule has 1 aliphatic rings. The quantitative estimate of drug-likeness (QED) is 0.329. The van der Waals surface area contributed by atoms with E-state index < -0.39 is 0 Å². The van der Waals surface area contributed by atoms with E-state index in [4.69, 9.17) is 0 Å². The van der Waals surface area contributed by atoms with Crippen molar-refractivity contribution >= 4 is 0 Å². The first-order chi connectivity index (χ1) is 4.29. The zero-order valence-electron chi connectivity index (χ0n) is 7.35. The van der Waals surface area contributed by atoms with Gasteiger partial charge >= 0.3 is 21.7 Å². The van der Waals surface area contributed by atoms with E-state index in [0.29, 0.717) is 5.92 Å². The Morgan fingerprint density at radius 3 is 2.25 bits per heavy atom. The van der Waals surface area contributed by atoms with Gasteiger partial charge in [0, 0.05) is 0 Å². The summed E-state index contributed by atoms with van der Waals surface area (Å²) in [6.07, 6.45) is 9.93. The van der Waals surface area contributed by atoms with Crippen LogP contribution in [0.1, 0.15) is 20.3 Å². The third-order valence-corrected chi connectivity index (χ3v) is 1.35. The van der Waals surface area contributed by atoms with E-state index in [1.165, 1.54) is 5.57 Å². The molecule has 0 bridgehead atoms. The predicted octanol–water partition coefficient (Wildman–Crippen LogP) is -3.26. The first-order valence-electron chi connectivity index (χ1n) is 3.49. The van der Waals surface area contributed by atoms with E-state index in [0.717, 1.165) is 6.42 Å². The maximum Gasteiger partial charge on any atom is 3.00 e. The van der Waals surface area contributed by atoms with Gasteiger partial charge in [-0.05, 0) is 6.42 Å². The molecule has 0 atom stereocenters. The largest absolute Gasteiger partial charge is 3.00 e. The van der Waals surface area contributed by atoms with Crippen LogP contribution in [-0.2, 0) is 21.7 Å². The molecule has 0 saturated heterocycles. The van der Waals surface area contributed by atoms with Crippen molar-refractivity contribution in [2.75, 3.05) is 0 Å². The molecule has 1 aliphatic carbocycles. The van der Waals surface area contributed by atoms with Gasteiger partial charge in [-0.2, -0.15) is 0 Å². The van der Waals surface area contributed by atoms with Crippen molar-refractivity contribution in [3.63, 3.8) is 0 Å². The normalized spacial score (nSPS) is 12.4. The van der Waals surface area contributed by atoms with Gasteiger partial charge in [0.15, 0.2) is 0 Å². The van der Waals surface area contributed by atoms with Crippen molar-refractivity contribution in [2.45, 2.75) is 20.3 Å². The molecule has 12 heavy (non-hydrogen) atoms. The maximum atomic E-state index is 2.31. The Morgan fingerprint density at radius 2 is 1.92 bits per heavy atom. The molecule has 0 amide bonds. The molecule has 3 heteroatoms. The molecule has 0 fully saturated rings. The summed E-state index contributed by atoms with van der Waals surface area (Å²) in [6, 6.07) is 0. The Morgan fingerprint density at radius 1 is 1.33 bits per heavy atom. The zero-order valence-corrected chi connectivity index (χ0v) is 8.91. The van der Waals surface area contributed by atoms with Crippen LogP contribution in [0.15, 0.2) is 23.8 Å². The fraction of sp³-hybridized carbons (Fsp3) is 0.444. The Hall–Kier alpha value is -0.0757. The minimum atomic E-state index is 0. The molecule has 0 spiro atoms. The Balaban J connectivity index is -0.000000270. The minimum Gasteiger partial charge on any atom is -1.00 e. The first kappa shape index (κ1) is 17.9. The molecule has 0 aliphatic heterocycles. The Bertz CT molecular complexity index is 151. The van der Waals surface area contributed by atoms with E-state index in [1.807, 2.05) is 0 Å². The SMILES string of the molecule is CC(C)[CH-]C1=CC=CC1.[F-].[F-].[Ti+3]. The molecule has 0 saturated carbocycles. The van der Waals surface area contributed by atoms with Crippen molar-refractivity contribution in [1.82, 2.24) is 0 Å². The fourth-order valence-corrected chi connectivity index (χ4v) is 1.02. The molecular weight excluding hydrogens is 194 g/mol. The average molecular weight is 207 g/mol. The standard InChI is InChI=1S/C9H13.2FH.Ti/c1-8(2)7-9-5-3-4-6-9;;;/h3-5,7-8H,6H2,1-2H3;2*1H;/q-1;;;+3/p-2. The number of hydrogen-bond donors (Lipinski definition) is 0. The van der Waals surface area contributed by atoms with Crippen LogP contribution in [0.25, 0.3) is 0 Å². The molecule has 0 N–H and O–H groups in total. The summed E-state index contributed by atoms with van der Waals surface area (Å²) < 4.78 is 0. The third kappa shape index (κ3) is 6.62. The van der Waals surface area contributed by atoms with Gasteiger partial charge in [0.2, 0.25) is 0 Å². The first-order valence-corrected chi connectivity index (χ1v) is 3.49. The summed E-state index contributed by atoms with van der Waals surface area (Å²) in [5.74, 6) is 0.691. The van der Waals surface area contributed by atoms with Gasteiger partial charge in [-0.3, -0.25) is 0 Å². The Kier molecular flexibility index (Phi) is 13.4. The monoisotopic (exact) mass is 207 g/mol. The van der Waals surface area contributed by atoms with Crippen LogP contribution < -0.4 is 9.41 Å². The molecule has 67 valence electrons. The molecule has 0 nitrogen and oxygen atoms in total. The van der Waals surface area contributed by atoms with Crippen LogP contribution in [0.3, 0.4) is 0 Å². The van der Waals surface area contributed by atoms with E-state index in [2.05, 4.69) is 38.5 Å². The predicted molar refractivity (Wildman–Crippen MR) is 41.0 cm³/mol. The summed E-state index contributed by atoms with van der Waals surface area (Å²) in [5, 5.41) is 0. The molecular formula is C9H13F2Ti. The molecule has 1 rings (SSSR count). The summed E-state index contributed by atoms with van der Waals surface area (Å²) in [5.41, 5.74) is 1.46. The fourth-order valence-electron chi connectivity index (χ4n) is 1.02. The number of halogens is 2. The molecule has 0 heterocycles. The van der Waals surface area contributed by atoms with E-state index in [-0.39, 0.29) is 31.1 Å². The summed E-state index contributed by atoms with van der Waals surface area (Å²) >= 11 is 0. The van der Waals surface area contributed by atoms with Crippen LogP contribution in [0.5, 0.6) is 0 Å². The van der Waals surface area contributed by atoms with Gasteiger partial charge in [-0.25, -0.2) is 18.1 Å². The van der Waals surface area contributed by atoms with E-state index in [9.17, 15) is 0 Å². The van der Waals surface area contributed by atoms with Crippen molar-refractivity contribution in [2.24, 2.45) is 5.92 Å². The van der Waals surface area contributed by atoms with Crippen molar-refractivity contribution in [3.05, 3.63) is 30.2 Å². The molecule has 0 aromatic rings. The summed E-state index contributed by atoms with van der Waals surface area (Å²) in [6.45, 7) is 4.42. The van der Waals surface area contributed by atoms with Gasteiger partial charge in [0.25, 0.3) is 0 Å². The second-order valence-corrected chi connectivity index (χ2v) is 2.78. The molecule has 0 unspecified atom stereocenters. The number of allylic oxidation sites excluding steroid dienone is 4. The van der Waals surface area contributed by atoms with Gasteiger partial charge < -0.3 is 9.41 Å². The van der Waals surface area contributed by atoms with E-state index in [1.54, 1.807) is 0 Å². The van der Waals surface area contributed by atoms with Crippen molar-refractivity contribution in [1.29, 1.82) is 0 Å². The zero-order chi connectivity index (χ0) is 6.69. The van der Waals surface area contributed by atoms with Crippen molar-refractivity contribution < 1.29 is 31.1 Å².